The van der Waals surface area contributed by atoms with Crippen LogP contribution < -0.4 is 38.2 Å². The first-order valence-corrected chi connectivity index (χ1v) is 14.6. The van der Waals surface area contributed by atoms with Crippen molar-refractivity contribution in [3.05, 3.63) is 104 Å². The Balaban J connectivity index is 0.000000156. The van der Waals surface area contributed by atoms with E-state index >= 15 is 0 Å². The van der Waals surface area contributed by atoms with Gasteiger partial charge in [0.2, 0.25) is 0 Å². The number of nitrogens with two attached hydrogens (primary N) is 2. The zero-order valence-corrected chi connectivity index (χ0v) is 24.5. The molecule has 12 heteroatoms. The van der Waals surface area contributed by atoms with Crippen molar-refractivity contribution in [1.29, 1.82) is 0 Å². The lowest BCUT2D eigenvalue weighted by Crippen LogP contribution is -2.55. The predicted molar refractivity (Wildman–Crippen MR) is 168 cm³/mol. The Labute approximate surface area is 253 Å². The summed E-state index contributed by atoms with van der Waals surface area (Å²) in [6.45, 7) is 1.94. The van der Waals surface area contributed by atoms with Crippen LogP contribution in [0.15, 0.2) is 87.2 Å². The molecule has 44 heavy (non-hydrogen) atoms. The van der Waals surface area contributed by atoms with Gasteiger partial charge in [0.25, 0.3) is 0 Å². The van der Waals surface area contributed by atoms with Crippen LogP contribution in [0.3, 0.4) is 0 Å². The zero-order valence-electron chi connectivity index (χ0n) is 24.5. The van der Waals surface area contributed by atoms with Gasteiger partial charge in [0, 0.05) is 35.0 Å². The topological polar surface area (TPSA) is 156 Å². The summed E-state index contributed by atoms with van der Waals surface area (Å²) in [5.74, 6) is 1.20. The molecule has 1 aliphatic carbocycles. The van der Waals surface area contributed by atoms with Gasteiger partial charge in [-0.05, 0) is 91.6 Å². The van der Waals surface area contributed by atoms with Crippen molar-refractivity contribution >= 4 is 28.4 Å². The van der Waals surface area contributed by atoms with Crippen molar-refractivity contribution in [1.82, 2.24) is 13.7 Å². The van der Waals surface area contributed by atoms with Crippen LogP contribution in [-0.2, 0) is 29.1 Å². The first kappa shape index (κ1) is 29.3. The summed E-state index contributed by atoms with van der Waals surface area (Å²) in [6, 6.07) is 23.5. The van der Waals surface area contributed by atoms with Crippen LogP contribution in [-0.4, -0.2) is 46.2 Å². The number of ether oxygens (including phenoxy) is 3. The normalized spacial score (nSPS) is 18.2. The van der Waals surface area contributed by atoms with Crippen LogP contribution in [0, 0.1) is 5.92 Å². The minimum atomic E-state index is -0.553. The Kier molecular flexibility index (Phi) is 8.27. The van der Waals surface area contributed by atoms with Gasteiger partial charge in [-0.2, -0.15) is 0 Å². The van der Waals surface area contributed by atoms with Gasteiger partial charge in [0.1, 0.15) is 5.75 Å². The van der Waals surface area contributed by atoms with E-state index in [1.807, 2.05) is 72.8 Å². The molecule has 0 spiro atoms. The molecule has 3 aliphatic rings. The largest absolute Gasteiger partial charge is 0.497 e. The molecule has 2 atom stereocenters. The van der Waals surface area contributed by atoms with Gasteiger partial charge < -0.3 is 30.6 Å². The number of hydrogen-bond acceptors (Lipinski definition) is 9. The lowest BCUT2D eigenvalue weighted by Gasteiger charge is -2.25. The quantitative estimate of drug-likeness (QED) is 0.206. The van der Waals surface area contributed by atoms with E-state index in [1.165, 1.54) is 4.57 Å². The van der Waals surface area contributed by atoms with Gasteiger partial charge in [-0.1, -0.05) is 0 Å². The lowest BCUT2D eigenvalue weighted by molar-refractivity contribution is 0.338. The van der Waals surface area contributed by atoms with E-state index in [2.05, 4.69) is 4.90 Å². The van der Waals surface area contributed by atoms with Gasteiger partial charge in [-0.3, -0.25) is 0 Å². The molecule has 1 saturated carbocycles. The van der Waals surface area contributed by atoms with Crippen molar-refractivity contribution in [3.8, 4) is 5.75 Å². The highest BCUT2D eigenvalue weighted by Gasteiger charge is 2.31. The Morgan fingerprint density at radius 1 is 0.659 bits per heavy atom. The fourth-order valence-electron chi connectivity index (χ4n) is 4.89. The first-order chi connectivity index (χ1) is 21.3. The maximum Gasteiger partial charge on any atom is 0.336 e. The second kappa shape index (κ2) is 12.4. The third-order valence-electron chi connectivity index (χ3n) is 7.73. The van der Waals surface area contributed by atoms with Gasteiger partial charge >= 0.3 is 17.1 Å². The maximum atomic E-state index is 12.4. The molecule has 0 radical (unpaired) electrons. The Morgan fingerprint density at radius 2 is 1.02 bits per heavy atom. The molecule has 4 N–H and O–H groups in total. The number of aromatic nitrogens is 3. The Bertz CT molecular complexity index is 1590. The third-order valence-corrected chi connectivity index (χ3v) is 7.73. The van der Waals surface area contributed by atoms with Gasteiger partial charge in [0.15, 0.2) is 0 Å². The van der Waals surface area contributed by atoms with E-state index in [0.29, 0.717) is 25.7 Å². The maximum absolute atomic E-state index is 12.4. The number of hydrogen-bond donors (Lipinski definition) is 2. The smallest absolute Gasteiger partial charge is 0.336 e. The second-order valence-corrected chi connectivity index (χ2v) is 11.3. The van der Waals surface area contributed by atoms with Crippen LogP contribution in [0.1, 0.15) is 12.8 Å². The Hall–Kier alpha value is -4.81. The molecule has 2 saturated heterocycles. The fraction of sp³-hybridized carbons (Fsp3) is 0.344. The molecule has 0 bridgehead atoms. The average Bonchev–Trinajstić information content (AvgIpc) is 3.88. The van der Waals surface area contributed by atoms with Crippen molar-refractivity contribution < 1.29 is 14.2 Å². The van der Waals surface area contributed by atoms with Crippen LogP contribution in [0.5, 0.6) is 5.75 Å². The van der Waals surface area contributed by atoms with Crippen LogP contribution in [0.2, 0.25) is 0 Å². The molecule has 2 aliphatic heterocycles. The molecule has 3 aromatic carbocycles. The SMILES string of the molecule is COc1ccc(N(c2ccc(N)cc2)c2ccc(N)cc2)cc1.O=c1n(CC2CC2)c(=O)n(CC2CO2)c(=O)n1CC1CO1. The monoisotopic (exact) mass is 600 g/mol. The van der Waals surface area contributed by atoms with E-state index in [4.69, 9.17) is 25.7 Å². The molecule has 7 rings (SSSR count). The molecular formula is C32H36N6O6. The van der Waals surface area contributed by atoms with E-state index in [1.54, 1.807) is 7.11 Å². The van der Waals surface area contributed by atoms with Crippen LogP contribution in [0.25, 0.3) is 0 Å². The standard InChI is InChI=1S/C19H19N3O.C13H17N3O5/c1-23-19-12-10-18(11-13-19)22(16-6-2-14(20)3-7-16)17-8-4-15(21)5-9-17;17-11-14(3-8-1-2-8)12(18)16(5-10-7-21-10)13(19)15(11)4-9-6-20-9/h2-13H,20-21H2,1H3;8-10H,1-7H2. The van der Waals surface area contributed by atoms with E-state index in [-0.39, 0.29) is 25.3 Å². The fourth-order valence-corrected chi connectivity index (χ4v) is 4.89. The minimum Gasteiger partial charge on any atom is -0.497 e. The first-order valence-electron chi connectivity index (χ1n) is 14.6. The summed E-state index contributed by atoms with van der Waals surface area (Å²) in [6.07, 6.45) is 1.88. The van der Waals surface area contributed by atoms with Crippen molar-refractivity contribution in [2.75, 3.05) is 36.7 Å². The van der Waals surface area contributed by atoms with Gasteiger partial charge in [-0.25, -0.2) is 28.1 Å². The summed E-state index contributed by atoms with van der Waals surface area (Å²) >= 11 is 0. The summed E-state index contributed by atoms with van der Waals surface area (Å²) in [7, 11) is 1.66. The molecule has 2 unspecified atom stereocenters. The number of epoxide rings is 2. The highest BCUT2D eigenvalue weighted by molar-refractivity contribution is 5.78. The molecule has 4 aromatic rings. The molecular weight excluding hydrogens is 564 g/mol. The van der Waals surface area contributed by atoms with E-state index < -0.39 is 17.1 Å². The second-order valence-electron chi connectivity index (χ2n) is 11.3. The number of rotatable bonds is 10. The molecule has 3 fully saturated rings. The minimum absolute atomic E-state index is 0.0899. The van der Waals surface area contributed by atoms with Crippen LogP contribution in [0.4, 0.5) is 28.4 Å². The summed E-state index contributed by atoms with van der Waals surface area (Å²) in [5, 5.41) is 0. The number of nitrogen functional groups attached to an aromatic ring is 2. The highest BCUT2D eigenvalue weighted by atomic mass is 16.6. The van der Waals surface area contributed by atoms with Crippen molar-refractivity contribution in [2.45, 2.75) is 44.7 Å². The molecule has 1 aromatic heterocycles. The predicted octanol–water partition coefficient (Wildman–Crippen LogP) is 2.71. The molecule has 12 nitrogen and oxygen atoms in total. The summed E-state index contributed by atoms with van der Waals surface area (Å²) in [5.41, 5.74) is 14.6. The zero-order chi connectivity index (χ0) is 30.8. The summed E-state index contributed by atoms with van der Waals surface area (Å²) < 4.78 is 18.9. The van der Waals surface area contributed by atoms with Crippen molar-refractivity contribution in [3.63, 3.8) is 0 Å². The molecule has 0 amide bonds. The number of benzene rings is 3. The van der Waals surface area contributed by atoms with Gasteiger partial charge in [-0.15, -0.1) is 0 Å². The number of methoxy groups -OCH3 is 1. The van der Waals surface area contributed by atoms with Crippen molar-refractivity contribution in [2.24, 2.45) is 5.92 Å². The lowest BCUT2D eigenvalue weighted by atomic mass is 10.1. The Morgan fingerprint density at radius 3 is 1.36 bits per heavy atom. The third kappa shape index (κ3) is 6.87. The number of anilines is 5. The molecule has 3 heterocycles. The average molecular weight is 601 g/mol. The number of nitrogens with zero attached hydrogens (tertiary/aromatic N) is 4. The highest BCUT2D eigenvalue weighted by Crippen LogP contribution is 2.35. The van der Waals surface area contributed by atoms with E-state index in [0.717, 1.165) is 56.2 Å². The van der Waals surface area contributed by atoms with Gasteiger partial charge in [0.05, 0.1) is 45.6 Å². The van der Waals surface area contributed by atoms with Crippen LogP contribution >= 0.6 is 0 Å². The summed E-state index contributed by atoms with van der Waals surface area (Å²) in [4.78, 5) is 39.4. The van der Waals surface area contributed by atoms with E-state index in [9.17, 15) is 14.4 Å². The molecule has 230 valence electrons.